The standard InChI is InChI=1S/C20H26ClN5O.HI/c1-20(2,11-15-6-4-7-16(21)10-15)14-25-19(22-3)24-13-18(27)26-17-8-5-9-23-12-17;/h4-10,12H,11,13-14H2,1-3H3,(H,26,27)(H2,22,24,25);1H. The maximum atomic E-state index is 12.0. The van der Waals surface area contributed by atoms with E-state index >= 15 is 0 Å². The number of nitrogens with zero attached hydrogens (tertiary/aromatic N) is 2. The second-order valence-corrected chi connectivity index (χ2v) is 7.48. The lowest BCUT2D eigenvalue weighted by Gasteiger charge is -2.26. The number of carbonyl (C=O) groups is 1. The zero-order valence-corrected chi connectivity index (χ0v) is 19.4. The van der Waals surface area contributed by atoms with Crippen LogP contribution in [0.2, 0.25) is 5.02 Å². The van der Waals surface area contributed by atoms with E-state index in [0.29, 0.717) is 18.2 Å². The van der Waals surface area contributed by atoms with Crippen LogP contribution in [0.5, 0.6) is 0 Å². The first-order valence-corrected chi connectivity index (χ1v) is 9.14. The molecule has 0 unspecified atom stereocenters. The van der Waals surface area contributed by atoms with Crippen LogP contribution >= 0.6 is 35.6 Å². The van der Waals surface area contributed by atoms with Crippen molar-refractivity contribution in [1.29, 1.82) is 0 Å². The summed E-state index contributed by atoms with van der Waals surface area (Å²) in [6, 6.07) is 11.5. The van der Waals surface area contributed by atoms with Gasteiger partial charge < -0.3 is 16.0 Å². The van der Waals surface area contributed by atoms with Gasteiger partial charge in [-0.2, -0.15) is 0 Å². The third kappa shape index (κ3) is 8.88. The Hall–Kier alpha value is -1.87. The predicted octanol–water partition coefficient (Wildman–Crippen LogP) is 3.73. The average Bonchev–Trinajstić information content (AvgIpc) is 2.62. The molecular formula is C20H27ClIN5O. The van der Waals surface area contributed by atoms with Crippen molar-refractivity contribution < 1.29 is 4.79 Å². The molecule has 0 aliphatic carbocycles. The number of amides is 1. The Bertz CT molecular complexity index is 783. The highest BCUT2D eigenvalue weighted by molar-refractivity contribution is 14.0. The number of halogens is 2. The summed E-state index contributed by atoms with van der Waals surface area (Å²) in [5, 5.41) is 9.81. The number of nitrogens with one attached hydrogen (secondary N) is 3. The van der Waals surface area contributed by atoms with E-state index in [9.17, 15) is 4.79 Å². The number of rotatable bonds is 7. The van der Waals surface area contributed by atoms with E-state index in [4.69, 9.17) is 11.6 Å². The van der Waals surface area contributed by atoms with E-state index in [1.54, 1.807) is 31.6 Å². The van der Waals surface area contributed by atoms with Gasteiger partial charge in [-0.25, -0.2) is 0 Å². The van der Waals surface area contributed by atoms with Crippen LogP contribution in [0.3, 0.4) is 0 Å². The smallest absolute Gasteiger partial charge is 0.243 e. The van der Waals surface area contributed by atoms with E-state index in [1.165, 1.54) is 5.56 Å². The van der Waals surface area contributed by atoms with Gasteiger partial charge in [0.05, 0.1) is 18.4 Å². The van der Waals surface area contributed by atoms with Gasteiger partial charge in [0, 0.05) is 24.8 Å². The highest BCUT2D eigenvalue weighted by Gasteiger charge is 2.19. The summed E-state index contributed by atoms with van der Waals surface area (Å²) in [6.45, 7) is 5.15. The van der Waals surface area contributed by atoms with Crippen molar-refractivity contribution in [3.63, 3.8) is 0 Å². The molecule has 1 amide bonds. The molecule has 0 fully saturated rings. The fourth-order valence-corrected chi connectivity index (χ4v) is 2.82. The quantitative estimate of drug-likeness (QED) is 0.298. The number of pyridine rings is 1. The first kappa shape index (κ1) is 24.2. The summed E-state index contributed by atoms with van der Waals surface area (Å²) in [5.41, 5.74) is 1.84. The molecule has 8 heteroatoms. The molecule has 0 radical (unpaired) electrons. The molecule has 1 heterocycles. The van der Waals surface area contributed by atoms with Gasteiger partial charge in [0.2, 0.25) is 5.91 Å². The first-order chi connectivity index (χ1) is 12.9. The molecule has 6 nitrogen and oxygen atoms in total. The second-order valence-electron chi connectivity index (χ2n) is 7.04. The van der Waals surface area contributed by atoms with Crippen molar-refractivity contribution in [3.05, 3.63) is 59.4 Å². The van der Waals surface area contributed by atoms with E-state index in [-0.39, 0.29) is 41.8 Å². The number of hydrogen-bond acceptors (Lipinski definition) is 3. The van der Waals surface area contributed by atoms with Gasteiger partial charge in [0.15, 0.2) is 5.96 Å². The molecule has 3 N–H and O–H groups in total. The largest absolute Gasteiger partial charge is 0.356 e. The SMILES string of the molecule is CN=C(NCC(=O)Nc1cccnc1)NCC(C)(C)Cc1cccc(Cl)c1.I. The number of aliphatic imine (C=N–C) groups is 1. The zero-order valence-electron chi connectivity index (χ0n) is 16.3. The Labute approximate surface area is 188 Å². The lowest BCUT2D eigenvalue weighted by Crippen LogP contribution is -2.45. The maximum Gasteiger partial charge on any atom is 0.243 e. The lowest BCUT2D eigenvalue weighted by molar-refractivity contribution is -0.115. The number of guanidine groups is 1. The second kappa shape index (κ2) is 11.9. The molecule has 0 aliphatic rings. The monoisotopic (exact) mass is 515 g/mol. The Balaban J connectivity index is 0.00000392. The van der Waals surface area contributed by atoms with Crippen molar-refractivity contribution in [1.82, 2.24) is 15.6 Å². The third-order valence-electron chi connectivity index (χ3n) is 3.89. The van der Waals surface area contributed by atoms with Crippen LogP contribution < -0.4 is 16.0 Å². The molecule has 0 saturated carbocycles. The Morgan fingerprint density at radius 2 is 2.00 bits per heavy atom. The van der Waals surface area contributed by atoms with E-state index in [1.807, 2.05) is 18.2 Å². The van der Waals surface area contributed by atoms with E-state index < -0.39 is 0 Å². The zero-order chi connectivity index (χ0) is 19.7. The summed E-state index contributed by atoms with van der Waals surface area (Å²) < 4.78 is 0. The molecule has 28 heavy (non-hydrogen) atoms. The van der Waals surface area contributed by atoms with Crippen molar-refractivity contribution in [2.75, 3.05) is 25.5 Å². The summed E-state index contributed by atoms with van der Waals surface area (Å²) in [4.78, 5) is 20.1. The van der Waals surface area contributed by atoms with Gasteiger partial charge >= 0.3 is 0 Å². The number of carbonyl (C=O) groups excluding carboxylic acids is 1. The van der Waals surface area contributed by atoms with Gasteiger partial charge in [-0.15, -0.1) is 24.0 Å². The molecular weight excluding hydrogens is 489 g/mol. The van der Waals surface area contributed by atoms with Crippen molar-refractivity contribution in [3.8, 4) is 0 Å². The number of aromatic nitrogens is 1. The highest BCUT2D eigenvalue weighted by Crippen LogP contribution is 2.22. The van der Waals surface area contributed by atoms with Gasteiger partial charge in [-0.05, 0) is 41.7 Å². The maximum absolute atomic E-state index is 12.0. The lowest BCUT2D eigenvalue weighted by atomic mass is 9.86. The van der Waals surface area contributed by atoms with Crippen LogP contribution in [0.1, 0.15) is 19.4 Å². The Morgan fingerprint density at radius 1 is 1.21 bits per heavy atom. The first-order valence-electron chi connectivity index (χ1n) is 8.77. The number of hydrogen-bond donors (Lipinski definition) is 3. The van der Waals surface area contributed by atoms with E-state index in [0.717, 1.165) is 11.4 Å². The van der Waals surface area contributed by atoms with Crippen LogP contribution in [0, 0.1) is 5.41 Å². The molecule has 0 saturated heterocycles. The van der Waals surface area contributed by atoms with Crippen molar-refractivity contribution >= 4 is 53.1 Å². The topological polar surface area (TPSA) is 78.4 Å². The fraction of sp³-hybridized carbons (Fsp3) is 0.350. The van der Waals surface area contributed by atoms with E-state index in [2.05, 4.69) is 45.8 Å². The van der Waals surface area contributed by atoms with Crippen LogP contribution in [0.15, 0.2) is 53.8 Å². The minimum absolute atomic E-state index is 0. The minimum Gasteiger partial charge on any atom is -0.356 e. The Morgan fingerprint density at radius 3 is 2.64 bits per heavy atom. The third-order valence-corrected chi connectivity index (χ3v) is 4.13. The number of benzene rings is 1. The van der Waals surface area contributed by atoms with Crippen molar-refractivity contribution in [2.24, 2.45) is 10.4 Å². The van der Waals surface area contributed by atoms with Gasteiger partial charge in [0.1, 0.15) is 0 Å². The van der Waals surface area contributed by atoms with Crippen LogP contribution in [0.25, 0.3) is 0 Å². The molecule has 0 bridgehead atoms. The summed E-state index contributed by atoms with van der Waals surface area (Å²) in [6.07, 6.45) is 4.13. The van der Waals surface area contributed by atoms with Crippen molar-refractivity contribution in [2.45, 2.75) is 20.3 Å². The molecule has 0 spiro atoms. The summed E-state index contributed by atoms with van der Waals surface area (Å²) >= 11 is 6.07. The molecule has 0 atom stereocenters. The molecule has 1 aromatic heterocycles. The number of anilines is 1. The van der Waals surface area contributed by atoms with Crippen LogP contribution in [-0.4, -0.2) is 37.0 Å². The summed E-state index contributed by atoms with van der Waals surface area (Å²) in [7, 11) is 1.68. The normalized spacial score (nSPS) is 11.4. The molecule has 2 rings (SSSR count). The molecule has 152 valence electrons. The van der Waals surface area contributed by atoms with Gasteiger partial charge in [-0.1, -0.05) is 37.6 Å². The fourth-order valence-electron chi connectivity index (χ4n) is 2.61. The molecule has 2 aromatic rings. The van der Waals surface area contributed by atoms with Gasteiger partial charge in [0.25, 0.3) is 0 Å². The molecule has 0 aliphatic heterocycles. The molecule has 1 aromatic carbocycles. The van der Waals surface area contributed by atoms with Crippen LogP contribution in [0.4, 0.5) is 5.69 Å². The minimum atomic E-state index is -0.163. The van der Waals surface area contributed by atoms with Gasteiger partial charge in [-0.3, -0.25) is 14.8 Å². The Kier molecular flexibility index (Phi) is 10.2. The highest BCUT2D eigenvalue weighted by atomic mass is 127. The predicted molar refractivity (Wildman–Crippen MR) is 127 cm³/mol. The average molecular weight is 516 g/mol. The van der Waals surface area contributed by atoms with Crippen LogP contribution in [-0.2, 0) is 11.2 Å². The summed E-state index contributed by atoms with van der Waals surface area (Å²) in [5.74, 6) is 0.416.